The molecule has 1 aromatic heterocycles. The lowest BCUT2D eigenvalue weighted by Crippen LogP contribution is -2.03. The first kappa shape index (κ1) is 20.4. The van der Waals surface area contributed by atoms with Gasteiger partial charge in [0, 0.05) is 30.0 Å². The molecule has 0 atom stereocenters. The second-order valence-corrected chi connectivity index (χ2v) is 6.76. The van der Waals surface area contributed by atoms with Crippen molar-refractivity contribution in [2.75, 3.05) is 0 Å². The predicted octanol–water partition coefficient (Wildman–Crippen LogP) is 5.54. The Morgan fingerprint density at radius 1 is 0.531 bits per heavy atom. The van der Waals surface area contributed by atoms with Gasteiger partial charge in [-0.2, -0.15) is 0 Å². The van der Waals surface area contributed by atoms with E-state index in [1.54, 1.807) is 53.1 Å². The van der Waals surface area contributed by atoms with Crippen LogP contribution in [0.25, 0.3) is 28.2 Å². The predicted molar refractivity (Wildman–Crippen MR) is 117 cm³/mol. The van der Waals surface area contributed by atoms with Crippen LogP contribution in [0.2, 0.25) is 0 Å². The molecule has 0 aliphatic heterocycles. The monoisotopic (exact) mass is 430 g/mol. The van der Waals surface area contributed by atoms with E-state index in [-0.39, 0.29) is 17.1 Å². The van der Waals surface area contributed by atoms with E-state index in [9.17, 15) is 30.3 Å². The van der Waals surface area contributed by atoms with E-state index in [1.807, 2.05) is 0 Å². The third-order valence-corrected chi connectivity index (χ3v) is 4.95. The van der Waals surface area contributed by atoms with Crippen LogP contribution >= 0.6 is 0 Å². The zero-order valence-corrected chi connectivity index (χ0v) is 16.3. The van der Waals surface area contributed by atoms with E-state index in [0.29, 0.717) is 28.2 Å². The minimum atomic E-state index is -0.536. The van der Waals surface area contributed by atoms with Crippen LogP contribution in [-0.2, 0) is 0 Å². The molecule has 158 valence electrons. The van der Waals surface area contributed by atoms with Crippen LogP contribution in [0.4, 0.5) is 17.1 Å². The van der Waals surface area contributed by atoms with Crippen LogP contribution in [0.1, 0.15) is 0 Å². The van der Waals surface area contributed by atoms with Gasteiger partial charge in [-0.25, -0.2) is 0 Å². The summed E-state index contributed by atoms with van der Waals surface area (Å²) in [5, 5.41) is 34.3. The molecule has 0 aliphatic rings. The summed E-state index contributed by atoms with van der Waals surface area (Å²) in [6.07, 6.45) is 0. The van der Waals surface area contributed by atoms with Crippen molar-refractivity contribution in [1.82, 2.24) is 4.57 Å². The zero-order chi connectivity index (χ0) is 22.8. The molecule has 0 saturated heterocycles. The molecule has 0 saturated carbocycles. The largest absolute Gasteiger partial charge is 0.309 e. The van der Waals surface area contributed by atoms with Gasteiger partial charge >= 0.3 is 0 Å². The number of benzene rings is 3. The minimum Gasteiger partial charge on any atom is -0.309 e. The molecule has 10 nitrogen and oxygen atoms in total. The number of hydrogen-bond donors (Lipinski definition) is 0. The molecule has 10 heteroatoms. The van der Waals surface area contributed by atoms with E-state index < -0.39 is 14.8 Å². The number of nitro groups is 3. The molecule has 0 N–H and O–H groups in total. The van der Waals surface area contributed by atoms with Gasteiger partial charge in [0.15, 0.2) is 0 Å². The lowest BCUT2D eigenvalue weighted by molar-refractivity contribution is -0.384. The Bertz CT molecular complexity index is 1290. The van der Waals surface area contributed by atoms with Gasteiger partial charge in [0.25, 0.3) is 17.1 Å². The number of hydrogen-bond acceptors (Lipinski definition) is 6. The molecule has 1 heterocycles. The third-order valence-electron chi connectivity index (χ3n) is 4.95. The highest BCUT2D eigenvalue weighted by atomic mass is 16.6. The van der Waals surface area contributed by atoms with Crippen molar-refractivity contribution >= 4 is 17.1 Å². The van der Waals surface area contributed by atoms with Gasteiger partial charge < -0.3 is 4.57 Å². The van der Waals surface area contributed by atoms with Gasteiger partial charge in [0.05, 0.1) is 37.3 Å². The summed E-state index contributed by atoms with van der Waals surface area (Å²) >= 11 is 0. The highest BCUT2D eigenvalue weighted by molar-refractivity contribution is 5.81. The first-order chi connectivity index (χ1) is 15.4. The van der Waals surface area contributed by atoms with Crippen LogP contribution in [0.5, 0.6) is 0 Å². The van der Waals surface area contributed by atoms with Crippen molar-refractivity contribution in [2.24, 2.45) is 0 Å². The fourth-order valence-electron chi connectivity index (χ4n) is 3.56. The average molecular weight is 430 g/mol. The quantitative estimate of drug-likeness (QED) is 0.291. The number of para-hydroxylation sites is 2. The van der Waals surface area contributed by atoms with Crippen LogP contribution in [-0.4, -0.2) is 19.3 Å². The van der Waals surface area contributed by atoms with Crippen LogP contribution in [0, 0.1) is 30.3 Å². The van der Waals surface area contributed by atoms with Gasteiger partial charge in [-0.1, -0.05) is 24.3 Å². The lowest BCUT2D eigenvalue weighted by atomic mass is 10.1. The standard InChI is InChI=1S/C22H14N4O6/c27-24(28)16-11-9-15(10-12-16)23-19(17-5-1-3-7-21(17)25(29)30)13-14-20(23)18-6-2-4-8-22(18)26(31)32/h1-14H. The van der Waals surface area contributed by atoms with Crippen LogP contribution in [0.15, 0.2) is 84.9 Å². The van der Waals surface area contributed by atoms with E-state index in [4.69, 9.17) is 0 Å². The molecular formula is C22H14N4O6. The lowest BCUT2D eigenvalue weighted by Gasteiger charge is -2.14. The van der Waals surface area contributed by atoms with Crippen molar-refractivity contribution in [2.45, 2.75) is 0 Å². The summed E-state index contributed by atoms with van der Waals surface area (Å²) in [6.45, 7) is 0. The Morgan fingerprint density at radius 2 is 0.969 bits per heavy atom. The molecule has 3 aromatic carbocycles. The Kier molecular flexibility index (Phi) is 5.17. The van der Waals surface area contributed by atoms with Gasteiger partial charge in [-0.05, 0) is 36.4 Å². The number of non-ortho nitro benzene ring substituents is 1. The summed E-state index contributed by atoms with van der Waals surface area (Å²) in [5.41, 5.74) is 1.51. The van der Waals surface area contributed by atoms with Crippen molar-refractivity contribution in [3.05, 3.63) is 115 Å². The fraction of sp³-hybridized carbons (Fsp3) is 0. The van der Waals surface area contributed by atoms with E-state index in [2.05, 4.69) is 0 Å². The fourth-order valence-corrected chi connectivity index (χ4v) is 3.56. The van der Waals surface area contributed by atoms with Crippen molar-refractivity contribution in [3.63, 3.8) is 0 Å². The van der Waals surface area contributed by atoms with Gasteiger partial charge in [-0.15, -0.1) is 0 Å². The van der Waals surface area contributed by atoms with Crippen LogP contribution in [0.3, 0.4) is 0 Å². The highest BCUT2D eigenvalue weighted by Gasteiger charge is 2.24. The number of nitrogens with zero attached hydrogens (tertiary/aromatic N) is 4. The number of nitro benzene ring substituents is 3. The summed E-state index contributed by atoms with van der Waals surface area (Å²) in [4.78, 5) is 32.7. The van der Waals surface area contributed by atoms with Crippen molar-refractivity contribution in [1.29, 1.82) is 0 Å². The summed E-state index contributed by atoms with van der Waals surface area (Å²) < 4.78 is 1.62. The maximum absolute atomic E-state index is 11.6. The Labute approximate surface area is 180 Å². The van der Waals surface area contributed by atoms with Crippen molar-refractivity contribution in [3.8, 4) is 28.2 Å². The average Bonchev–Trinajstić information content (AvgIpc) is 3.24. The Hall–Kier alpha value is -4.86. The van der Waals surface area contributed by atoms with E-state index in [1.165, 1.54) is 36.4 Å². The van der Waals surface area contributed by atoms with Gasteiger partial charge in [0.2, 0.25) is 0 Å². The molecule has 4 aromatic rings. The number of rotatable bonds is 6. The molecule has 0 bridgehead atoms. The second kappa shape index (κ2) is 8.11. The molecule has 0 amide bonds. The smallest absolute Gasteiger partial charge is 0.278 e. The van der Waals surface area contributed by atoms with Gasteiger partial charge in [-0.3, -0.25) is 30.3 Å². The Morgan fingerprint density at radius 3 is 1.38 bits per heavy atom. The molecule has 0 radical (unpaired) electrons. The topological polar surface area (TPSA) is 134 Å². The molecule has 0 unspecified atom stereocenters. The summed E-state index contributed by atoms with van der Waals surface area (Å²) in [5.74, 6) is 0. The van der Waals surface area contributed by atoms with Crippen LogP contribution < -0.4 is 0 Å². The van der Waals surface area contributed by atoms with Crippen molar-refractivity contribution < 1.29 is 14.8 Å². The maximum Gasteiger partial charge on any atom is 0.278 e. The first-order valence-electron chi connectivity index (χ1n) is 9.32. The maximum atomic E-state index is 11.6. The molecule has 0 aliphatic carbocycles. The minimum absolute atomic E-state index is 0.125. The van der Waals surface area contributed by atoms with E-state index >= 15 is 0 Å². The number of aromatic nitrogens is 1. The summed E-state index contributed by atoms with van der Waals surface area (Å²) in [7, 11) is 0. The molecule has 0 fully saturated rings. The molecule has 0 spiro atoms. The molecule has 32 heavy (non-hydrogen) atoms. The highest BCUT2D eigenvalue weighted by Crippen LogP contribution is 2.39. The molecule has 4 rings (SSSR count). The van der Waals surface area contributed by atoms with Gasteiger partial charge in [0.1, 0.15) is 0 Å². The molecular weight excluding hydrogens is 416 g/mol. The van der Waals surface area contributed by atoms with E-state index in [0.717, 1.165) is 0 Å². The Balaban J connectivity index is 2.03. The SMILES string of the molecule is O=[N+]([O-])c1ccc(-n2c(-c3ccccc3[N+](=O)[O-])ccc2-c2ccccc2[N+](=O)[O-])cc1. The third kappa shape index (κ3) is 3.56. The second-order valence-electron chi connectivity index (χ2n) is 6.76. The summed E-state index contributed by atoms with van der Waals surface area (Å²) in [6, 6.07) is 21.2. The zero-order valence-electron chi connectivity index (χ0n) is 16.3. The normalized spacial score (nSPS) is 10.6. The first-order valence-corrected chi connectivity index (χ1v) is 9.32.